The Balaban J connectivity index is 0.00000158. The predicted octanol–water partition coefficient (Wildman–Crippen LogP) is 3.91. The third kappa shape index (κ3) is 6.90. The van der Waals surface area contributed by atoms with Gasteiger partial charge in [0.25, 0.3) is 0 Å². The summed E-state index contributed by atoms with van der Waals surface area (Å²) in [5, 5.41) is 12.1. The molecule has 34 heavy (non-hydrogen) atoms. The molecule has 1 spiro atoms. The van der Waals surface area contributed by atoms with Crippen LogP contribution >= 0.6 is 0 Å². The standard InChI is InChI=1S/C25H30N6O.C2H6/c1-20(28-19-29-24-3-2-12-27-24)30-13-14-31(18-25(17-30)10-11-25)23(16-32)9-8-21-4-6-22(15-26)7-5-21;1-2/h2,4-7,12,19-20H,3,8-11,13-14,17-18H2,1H3,(H,27,28,29);1-2H3. The van der Waals surface area contributed by atoms with Gasteiger partial charge in [0.05, 0.1) is 17.3 Å². The van der Waals surface area contributed by atoms with Gasteiger partial charge in [-0.2, -0.15) is 5.26 Å². The molecule has 2 aliphatic heterocycles. The first kappa shape index (κ1) is 25.4. The molecule has 1 atom stereocenters. The molecule has 2 heterocycles. The molecule has 1 aromatic rings. The highest BCUT2D eigenvalue weighted by Gasteiger charge is 2.47. The smallest absolute Gasteiger partial charge is 0.145 e. The van der Waals surface area contributed by atoms with E-state index >= 15 is 0 Å². The summed E-state index contributed by atoms with van der Waals surface area (Å²) in [6.45, 7) is 9.69. The summed E-state index contributed by atoms with van der Waals surface area (Å²) < 4.78 is 0. The van der Waals surface area contributed by atoms with Crippen molar-refractivity contribution in [2.75, 3.05) is 26.2 Å². The van der Waals surface area contributed by atoms with Crippen molar-refractivity contribution < 1.29 is 4.79 Å². The van der Waals surface area contributed by atoms with Gasteiger partial charge in [-0.3, -0.25) is 9.89 Å². The molecule has 0 radical (unpaired) electrons. The molecule has 1 saturated carbocycles. The number of benzene rings is 1. The van der Waals surface area contributed by atoms with Crippen LogP contribution in [0.2, 0.25) is 0 Å². The van der Waals surface area contributed by atoms with Crippen LogP contribution in [0.15, 0.2) is 52.2 Å². The second-order valence-electron chi connectivity index (χ2n) is 8.97. The van der Waals surface area contributed by atoms with Crippen molar-refractivity contribution in [3.8, 4) is 6.07 Å². The first-order valence-corrected chi connectivity index (χ1v) is 12.3. The molecule has 7 nitrogen and oxygen atoms in total. The average molecular weight is 461 g/mol. The Morgan fingerprint density at radius 3 is 2.62 bits per heavy atom. The maximum atomic E-state index is 11.8. The van der Waals surface area contributed by atoms with Crippen LogP contribution in [0.4, 0.5) is 0 Å². The predicted molar refractivity (Wildman–Crippen MR) is 137 cm³/mol. The average Bonchev–Trinajstić information content (AvgIpc) is 3.49. The molecule has 1 unspecified atom stereocenters. The molecular weight excluding hydrogens is 424 g/mol. The van der Waals surface area contributed by atoms with E-state index in [0.29, 0.717) is 12.0 Å². The summed E-state index contributed by atoms with van der Waals surface area (Å²) >= 11 is 0. The fourth-order valence-corrected chi connectivity index (χ4v) is 4.39. The number of allylic oxidation sites excluding steroid dienone is 1. The highest BCUT2D eigenvalue weighted by Crippen LogP contribution is 2.48. The number of aliphatic imine (C=N–C) groups is 2. The van der Waals surface area contributed by atoms with Gasteiger partial charge in [0.1, 0.15) is 24.3 Å². The summed E-state index contributed by atoms with van der Waals surface area (Å²) in [6, 6.07) is 9.73. The number of hydrogen-bond donors (Lipinski definition) is 1. The number of hydrogen-bond acceptors (Lipinski definition) is 5. The summed E-state index contributed by atoms with van der Waals surface area (Å²) in [7, 11) is 0. The van der Waals surface area contributed by atoms with E-state index < -0.39 is 0 Å². The van der Waals surface area contributed by atoms with Gasteiger partial charge in [0, 0.05) is 44.4 Å². The van der Waals surface area contributed by atoms with Gasteiger partial charge in [0.2, 0.25) is 0 Å². The van der Waals surface area contributed by atoms with Gasteiger partial charge in [-0.05, 0) is 50.1 Å². The normalized spacial score (nSPS) is 20.8. The van der Waals surface area contributed by atoms with Crippen LogP contribution in [0.5, 0.6) is 0 Å². The van der Waals surface area contributed by atoms with Crippen LogP contribution in [0, 0.1) is 16.7 Å². The number of rotatable bonds is 7. The highest BCUT2D eigenvalue weighted by molar-refractivity contribution is 5.92. The second-order valence-corrected chi connectivity index (χ2v) is 8.97. The van der Waals surface area contributed by atoms with Crippen LogP contribution in [0.25, 0.3) is 0 Å². The van der Waals surface area contributed by atoms with E-state index in [-0.39, 0.29) is 11.6 Å². The van der Waals surface area contributed by atoms with Crippen molar-refractivity contribution in [1.29, 1.82) is 5.26 Å². The van der Waals surface area contributed by atoms with Crippen molar-refractivity contribution in [2.24, 2.45) is 15.4 Å². The van der Waals surface area contributed by atoms with Gasteiger partial charge in [-0.15, -0.1) is 0 Å². The number of nitrogens with one attached hydrogen (secondary N) is 1. The van der Waals surface area contributed by atoms with E-state index in [1.807, 2.05) is 50.4 Å². The lowest BCUT2D eigenvalue weighted by atomic mass is 10.0. The summed E-state index contributed by atoms with van der Waals surface area (Å²) in [4.78, 5) is 25.5. The first-order valence-electron chi connectivity index (χ1n) is 12.3. The number of nitriles is 1. The Kier molecular flexibility index (Phi) is 9.21. The van der Waals surface area contributed by atoms with E-state index in [1.165, 1.54) is 12.8 Å². The molecule has 1 N–H and O–H groups in total. The third-order valence-corrected chi connectivity index (χ3v) is 6.62. The lowest BCUT2D eigenvalue weighted by Crippen LogP contribution is -2.37. The molecule has 3 aliphatic rings. The van der Waals surface area contributed by atoms with E-state index in [4.69, 9.17) is 5.26 Å². The molecule has 7 heteroatoms. The number of carbonyl (C=O) groups excluding carboxylic acids is 1. The van der Waals surface area contributed by atoms with Gasteiger partial charge >= 0.3 is 0 Å². The maximum Gasteiger partial charge on any atom is 0.145 e. The Bertz CT molecular complexity index is 983. The molecule has 1 aliphatic carbocycles. The fraction of sp³-hybridized carbons (Fsp3) is 0.519. The minimum atomic E-state index is 0.0495. The quantitative estimate of drug-likeness (QED) is 0.379. The van der Waals surface area contributed by atoms with Crippen molar-refractivity contribution in [3.05, 3.63) is 53.4 Å². The van der Waals surface area contributed by atoms with Gasteiger partial charge in [-0.25, -0.2) is 9.79 Å². The second kappa shape index (κ2) is 12.3. The van der Waals surface area contributed by atoms with Crippen LogP contribution < -0.4 is 5.32 Å². The number of nitrogens with zero attached hydrogens (tertiary/aromatic N) is 5. The largest absolute Gasteiger partial charge is 0.364 e. The molecule has 180 valence electrons. The van der Waals surface area contributed by atoms with Crippen LogP contribution in [0.1, 0.15) is 57.6 Å². The molecule has 2 fully saturated rings. The van der Waals surface area contributed by atoms with Crippen LogP contribution in [0.3, 0.4) is 0 Å². The topological polar surface area (TPSA) is 84.1 Å². The lowest BCUT2D eigenvalue weighted by Gasteiger charge is -2.26. The number of aryl methyl sites for hydroxylation is 1. The summed E-state index contributed by atoms with van der Waals surface area (Å²) in [5.41, 5.74) is 2.79. The van der Waals surface area contributed by atoms with Gasteiger partial charge in [-0.1, -0.05) is 32.1 Å². The van der Waals surface area contributed by atoms with Gasteiger partial charge in [0.15, 0.2) is 0 Å². The fourth-order valence-electron chi connectivity index (χ4n) is 4.39. The Labute approximate surface area is 203 Å². The SMILES string of the molecule is CC.CC(/N=C\N=C1CC=CN1)N1CCN(C(=C=O)CCc2ccc(C#N)cc2)CC2(CC2)C1. The van der Waals surface area contributed by atoms with E-state index in [1.54, 1.807) is 6.34 Å². The van der Waals surface area contributed by atoms with Crippen molar-refractivity contribution in [3.63, 3.8) is 0 Å². The zero-order valence-corrected chi connectivity index (χ0v) is 20.6. The van der Waals surface area contributed by atoms with Crippen molar-refractivity contribution >= 4 is 18.1 Å². The Morgan fingerprint density at radius 1 is 1.24 bits per heavy atom. The molecule has 1 aromatic carbocycles. The molecule has 4 rings (SSSR count). The van der Waals surface area contributed by atoms with E-state index in [2.05, 4.69) is 44.0 Å². The first-order chi connectivity index (χ1) is 16.6. The summed E-state index contributed by atoms with van der Waals surface area (Å²) in [6.07, 6.45) is 10.3. The molecular formula is C27H36N6O. The molecule has 0 amide bonds. The monoisotopic (exact) mass is 460 g/mol. The highest BCUT2D eigenvalue weighted by atomic mass is 16.1. The van der Waals surface area contributed by atoms with Crippen molar-refractivity contribution in [1.82, 2.24) is 15.1 Å². The van der Waals surface area contributed by atoms with Crippen LogP contribution in [-0.4, -0.2) is 60.3 Å². The minimum absolute atomic E-state index is 0.0495. The Morgan fingerprint density at radius 2 is 2.00 bits per heavy atom. The minimum Gasteiger partial charge on any atom is -0.364 e. The zero-order valence-electron chi connectivity index (χ0n) is 20.6. The van der Waals surface area contributed by atoms with E-state index in [9.17, 15) is 4.79 Å². The molecule has 0 bridgehead atoms. The third-order valence-electron chi connectivity index (χ3n) is 6.62. The zero-order chi connectivity index (χ0) is 24.4. The number of amidine groups is 1. The maximum absolute atomic E-state index is 11.8. The molecule has 1 saturated heterocycles. The molecule has 0 aromatic heterocycles. The van der Waals surface area contributed by atoms with E-state index in [0.717, 1.165) is 56.1 Å². The lowest BCUT2D eigenvalue weighted by molar-refractivity contribution is 0.196. The van der Waals surface area contributed by atoms with Crippen molar-refractivity contribution in [2.45, 2.75) is 59.0 Å². The van der Waals surface area contributed by atoms with Gasteiger partial charge < -0.3 is 10.2 Å². The Hall–Kier alpha value is -3.20. The summed E-state index contributed by atoms with van der Waals surface area (Å²) in [5.74, 6) is 3.15. The van der Waals surface area contributed by atoms with Crippen LogP contribution in [-0.2, 0) is 11.2 Å².